The van der Waals surface area contributed by atoms with Crippen LogP contribution in [-0.2, 0) is 28.7 Å². The van der Waals surface area contributed by atoms with Crippen LogP contribution >= 0.6 is 0 Å². The third-order valence-electron chi connectivity index (χ3n) is 1.81. The second-order valence-corrected chi connectivity index (χ2v) is 2.85. The normalized spacial score (nSPS) is 19.7. The number of carbonyl (C=O) groups excluding carboxylic acids is 4. The van der Waals surface area contributed by atoms with Crippen molar-refractivity contribution in [1.29, 1.82) is 0 Å². The predicted octanol–water partition coefficient (Wildman–Crippen LogP) is -1.63. The largest absolute Gasteiger partial charge is 0.466 e. The highest BCUT2D eigenvalue weighted by Crippen LogP contribution is 2.12. The maximum atomic E-state index is 11.2. The number of imide groups is 1. The molecular formula is C8H9NO6. The summed E-state index contributed by atoms with van der Waals surface area (Å²) in [7, 11) is 1.14. The zero-order valence-corrected chi connectivity index (χ0v) is 7.94. The second-order valence-electron chi connectivity index (χ2n) is 2.85. The minimum Gasteiger partial charge on any atom is -0.466 e. The van der Waals surface area contributed by atoms with Gasteiger partial charge in [0.15, 0.2) is 6.61 Å². The molecule has 0 aliphatic carbocycles. The summed E-state index contributed by atoms with van der Waals surface area (Å²) in [4.78, 5) is 43.5. The van der Waals surface area contributed by atoms with E-state index in [-0.39, 0.29) is 6.42 Å². The fourth-order valence-electron chi connectivity index (χ4n) is 1.03. The highest BCUT2D eigenvalue weighted by molar-refractivity contribution is 6.12. The topological polar surface area (TPSA) is 98.8 Å². The Bertz CT molecular complexity index is 323. The van der Waals surface area contributed by atoms with Crippen LogP contribution in [0.4, 0.5) is 0 Å². The number of ether oxygens (including phenoxy) is 2. The lowest BCUT2D eigenvalue weighted by Gasteiger charge is -2.05. The summed E-state index contributed by atoms with van der Waals surface area (Å²) < 4.78 is 8.70. The lowest BCUT2D eigenvalue weighted by Crippen LogP contribution is -2.28. The van der Waals surface area contributed by atoms with Crippen LogP contribution in [-0.4, -0.2) is 37.5 Å². The molecular weight excluding hydrogens is 206 g/mol. The first kappa shape index (κ1) is 11.2. The summed E-state index contributed by atoms with van der Waals surface area (Å²) in [5.41, 5.74) is 0. The molecule has 1 atom stereocenters. The van der Waals surface area contributed by atoms with Crippen LogP contribution in [0, 0.1) is 5.92 Å². The van der Waals surface area contributed by atoms with Crippen LogP contribution in [0.1, 0.15) is 6.42 Å². The zero-order valence-electron chi connectivity index (χ0n) is 7.94. The summed E-state index contributed by atoms with van der Waals surface area (Å²) in [6, 6.07) is 0. The van der Waals surface area contributed by atoms with E-state index in [1.165, 1.54) is 0 Å². The van der Waals surface area contributed by atoms with Crippen molar-refractivity contribution in [2.75, 3.05) is 13.7 Å². The smallest absolute Gasteiger partial charge is 0.344 e. The Balaban J connectivity index is 2.44. The third-order valence-corrected chi connectivity index (χ3v) is 1.81. The summed E-state index contributed by atoms with van der Waals surface area (Å²) in [6.45, 7) is -0.562. The van der Waals surface area contributed by atoms with Gasteiger partial charge in [0.2, 0.25) is 11.8 Å². The van der Waals surface area contributed by atoms with Crippen molar-refractivity contribution in [2.45, 2.75) is 6.42 Å². The van der Waals surface area contributed by atoms with E-state index in [2.05, 4.69) is 9.47 Å². The summed E-state index contributed by atoms with van der Waals surface area (Å²) in [6.07, 6.45) is -0.237. The Morgan fingerprint density at radius 3 is 2.60 bits per heavy atom. The molecule has 7 nitrogen and oxygen atoms in total. The Kier molecular flexibility index (Phi) is 3.37. The first-order valence-corrected chi connectivity index (χ1v) is 4.11. The van der Waals surface area contributed by atoms with Gasteiger partial charge in [-0.2, -0.15) is 0 Å². The van der Waals surface area contributed by atoms with Crippen molar-refractivity contribution in [3.8, 4) is 0 Å². The van der Waals surface area contributed by atoms with Crippen LogP contribution in [0.3, 0.4) is 0 Å². The van der Waals surface area contributed by atoms with Gasteiger partial charge in [-0.1, -0.05) is 0 Å². The number of methoxy groups -OCH3 is 1. The van der Waals surface area contributed by atoms with Gasteiger partial charge in [-0.3, -0.25) is 19.7 Å². The average molecular weight is 215 g/mol. The van der Waals surface area contributed by atoms with Crippen molar-refractivity contribution in [3.05, 3.63) is 0 Å². The molecule has 1 aliphatic rings. The van der Waals surface area contributed by atoms with E-state index in [1.807, 2.05) is 5.32 Å². The monoisotopic (exact) mass is 215 g/mol. The number of carbonyl (C=O) groups is 4. The second kappa shape index (κ2) is 4.54. The Hall–Kier alpha value is -1.92. The Labute approximate surface area is 84.7 Å². The minimum absolute atomic E-state index is 0.237. The fraction of sp³-hybridized carbons (Fsp3) is 0.500. The third kappa shape index (κ3) is 2.76. The summed E-state index contributed by atoms with van der Waals surface area (Å²) >= 11 is 0. The SMILES string of the molecule is COC(=O)COC(=O)C1CC(=O)NC1=O. The molecule has 0 saturated carbocycles. The van der Waals surface area contributed by atoms with Crippen molar-refractivity contribution < 1.29 is 28.7 Å². The zero-order chi connectivity index (χ0) is 11.4. The van der Waals surface area contributed by atoms with Crippen molar-refractivity contribution in [3.63, 3.8) is 0 Å². The molecule has 0 spiro atoms. The van der Waals surface area contributed by atoms with Gasteiger partial charge in [-0.25, -0.2) is 4.79 Å². The molecule has 0 aromatic rings. The molecule has 15 heavy (non-hydrogen) atoms. The molecule has 0 radical (unpaired) electrons. The molecule has 7 heteroatoms. The van der Waals surface area contributed by atoms with Crippen molar-refractivity contribution in [2.24, 2.45) is 5.92 Å². The summed E-state index contributed by atoms with van der Waals surface area (Å²) in [5.74, 6) is -4.01. The molecule has 82 valence electrons. The number of nitrogens with one attached hydrogen (secondary N) is 1. The van der Waals surface area contributed by atoms with Crippen molar-refractivity contribution in [1.82, 2.24) is 5.32 Å². The molecule has 0 bridgehead atoms. The van der Waals surface area contributed by atoms with Gasteiger partial charge in [-0.05, 0) is 0 Å². The van der Waals surface area contributed by atoms with Crippen LogP contribution in [0.5, 0.6) is 0 Å². The van der Waals surface area contributed by atoms with Gasteiger partial charge in [-0.15, -0.1) is 0 Å². The van der Waals surface area contributed by atoms with Gasteiger partial charge in [0.05, 0.1) is 7.11 Å². The van der Waals surface area contributed by atoms with Crippen LogP contribution in [0.15, 0.2) is 0 Å². The number of hydrogen-bond acceptors (Lipinski definition) is 6. The summed E-state index contributed by atoms with van der Waals surface area (Å²) in [5, 5.41) is 1.95. The van der Waals surface area contributed by atoms with Gasteiger partial charge in [0, 0.05) is 6.42 Å². The van der Waals surface area contributed by atoms with E-state index in [9.17, 15) is 19.2 Å². The van der Waals surface area contributed by atoms with Crippen LogP contribution in [0.25, 0.3) is 0 Å². The predicted molar refractivity (Wildman–Crippen MR) is 44.2 cm³/mol. The maximum Gasteiger partial charge on any atom is 0.344 e. The molecule has 0 aromatic carbocycles. The number of esters is 2. The average Bonchev–Trinajstić information content (AvgIpc) is 2.53. The molecule has 1 rings (SSSR count). The number of hydrogen-bond donors (Lipinski definition) is 1. The molecule has 1 aliphatic heterocycles. The molecule has 1 fully saturated rings. The Morgan fingerprint density at radius 2 is 2.13 bits per heavy atom. The van der Waals surface area contributed by atoms with E-state index >= 15 is 0 Å². The molecule has 0 aromatic heterocycles. The standard InChI is InChI=1S/C8H9NO6/c1-14-6(11)3-15-8(13)4-2-5(10)9-7(4)12/h4H,2-3H2,1H3,(H,9,10,12). The first-order chi connectivity index (χ1) is 7.04. The van der Waals surface area contributed by atoms with Gasteiger partial charge in [0.1, 0.15) is 5.92 Å². The van der Waals surface area contributed by atoms with E-state index in [0.29, 0.717) is 0 Å². The van der Waals surface area contributed by atoms with Gasteiger partial charge in [0.25, 0.3) is 0 Å². The highest BCUT2D eigenvalue weighted by Gasteiger charge is 2.37. The highest BCUT2D eigenvalue weighted by atomic mass is 16.6. The number of rotatable bonds is 3. The van der Waals surface area contributed by atoms with Crippen LogP contribution < -0.4 is 5.32 Å². The lowest BCUT2D eigenvalue weighted by molar-refractivity contribution is -0.161. The van der Waals surface area contributed by atoms with E-state index in [4.69, 9.17) is 0 Å². The van der Waals surface area contributed by atoms with Crippen molar-refractivity contribution >= 4 is 23.8 Å². The lowest BCUT2D eigenvalue weighted by atomic mass is 10.1. The van der Waals surface area contributed by atoms with E-state index < -0.39 is 36.3 Å². The minimum atomic E-state index is -1.15. The molecule has 1 N–H and O–H groups in total. The quantitative estimate of drug-likeness (QED) is 0.344. The molecule has 2 amide bonds. The van der Waals surface area contributed by atoms with Gasteiger partial charge < -0.3 is 9.47 Å². The Morgan fingerprint density at radius 1 is 1.47 bits per heavy atom. The van der Waals surface area contributed by atoms with Crippen LogP contribution in [0.2, 0.25) is 0 Å². The maximum absolute atomic E-state index is 11.2. The molecule has 1 saturated heterocycles. The number of amides is 2. The molecule has 1 unspecified atom stereocenters. The molecule has 1 heterocycles. The van der Waals surface area contributed by atoms with Gasteiger partial charge >= 0.3 is 11.9 Å². The fourth-order valence-corrected chi connectivity index (χ4v) is 1.03. The van der Waals surface area contributed by atoms with E-state index in [1.54, 1.807) is 0 Å². The van der Waals surface area contributed by atoms with E-state index in [0.717, 1.165) is 7.11 Å². The first-order valence-electron chi connectivity index (χ1n) is 4.11.